The quantitative estimate of drug-likeness (QED) is 0.230. The second-order valence-corrected chi connectivity index (χ2v) is 7.54. The van der Waals surface area contributed by atoms with Crippen LogP contribution < -0.4 is 30.3 Å². The molecule has 0 saturated carbocycles. The molecule has 0 aliphatic carbocycles. The van der Waals surface area contributed by atoms with Gasteiger partial charge in [-0.3, -0.25) is 14.4 Å². The monoisotopic (exact) mass is 510 g/mol. The molecular weight excluding hydrogens is 488 g/mol. The summed E-state index contributed by atoms with van der Waals surface area (Å²) in [4.78, 5) is 36.0. The molecule has 0 aromatic heterocycles. The number of ether oxygens (including phenoxy) is 3. The maximum atomic E-state index is 12.1. The van der Waals surface area contributed by atoms with Crippen LogP contribution in [0.5, 0.6) is 17.2 Å². The van der Waals surface area contributed by atoms with Crippen LogP contribution in [-0.2, 0) is 14.4 Å². The summed E-state index contributed by atoms with van der Waals surface area (Å²) in [6.07, 6.45) is 1.36. The second-order valence-electron chi connectivity index (χ2n) is 7.14. The first-order valence-corrected chi connectivity index (χ1v) is 10.9. The molecule has 3 N–H and O–H groups in total. The van der Waals surface area contributed by atoms with Crippen molar-refractivity contribution in [1.82, 2.24) is 5.43 Å². The fourth-order valence-corrected chi connectivity index (χ4v) is 3.08. The van der Waals surface area contributed by atoms with Gasteiger partial charge in [0.2, 0.25) is 0 Å². The summed E-state index contributed by atoms with van der Waals surface area (Å²) in [5.41, 5.74) is 3.73. The molecule has 0 bridgehead atoms. The van der Waals surface area contributed by atoms with Crippen LogP contribution in [0.2, 0.25) is 5.02 Å². The lowest BCUT2D eigenvalue weighted by Crippen LogP contribution is -2.32. The van der Waals surface area contributed by atoms with Gasteiger partial charge in [0.15, 0.2) is 6.61 Å². The Kier molecular flexibility index (Phi) is 9.24. The van der Waals surface area contributed by atoms with E-state index in [0.717, 1.165) is 0 Å². The minimum absolute atomic E-state index is 0.177. The van der Waals surface area contributed by atoms with Gasteiger partial charge >= 0.3 is 11.8 Å². The van der Waals surface area contributed by atoms with E-state index in [1.165, 1.54) is 19.4 Å². The van der Waals surface area contributed by atoms with E-state index in [1.807, 2.05) is 0 Å². The lowest BCUT2D eigenvalue weighted by Gasteiger charge is -2.08. The van der Waals surface area contributed by atoms with E-state index in [4.69, 9.17) is 25.8 Å². The fourth-order valence-electron chi connectivity index (χ4n) is 2.82. The van der Waals surface area contributed by atoms with Gasteiger partial charge in [-0.1, -0.05) is 11.6 Å². The number of halogens is 1. The average molecular weight is 511 g/mol. The predicted octanol–water partition coefficient (Wildman–Crippen LogP) is 3.46. The third kappa shape index (κ3) is 7.74. The molecule has 0 heterocycles. The van der Waals surface area contributed by atoms with Gasteiger partial charge in [0.1, 0.15) is 17.2 Å². The summed E-state index contributed by atoms with van der Waals surface area (Å²) < 4.78 is 15.6. The zero-order chi connectivity index (χ0) is 25.9. The van der Waals surface area contributed by atoms with Gasteiger partial charge in [0.05, 0.1) is 25.5 Å². The average Bonchev–Trinajstić information content (AvgIpc) is 2.88. The molecule has 3 amide bonds. The number of benzene rings is 3. The van der Waals surface area contributed by atoms with Gasteiger partial charge < -0.3 is 24.8 Å². The Morgan fingerprint density at radius 3 is 2.14 bits per heavy atom. The number of methoxy groups -OCH3 is 2. The Morgan fingerprint density at radius 1 is 0.833 bits per heavy atom. The predicted molar refractivity (Wildman–Crippen MR) is 136 cm³/mol. The van der Waals surface area contributed by atoms with Crippen molar-refractivity contribution in [3.8, 4) is 17.2 Å². The molecule has 0 unspecified atom stereocenters. The number of hydrogen-bond donors (Lipinski definition) is 3. The molecule has 3 aromatic carbocycles. The van der Waals surface area contributed by atoms with Gasteiger partial charge in [-0.25, -0.2) is 5.43 Å². The molecule has 11 heteroatoms. The Morgan fingerprint density at radius 2 is 1.50 bits per heavy atom. The summed E-state index contributed by atoms with van der Waals surface area (Å²) in [6.45, 7) is -0.177. The zero-order valence-corrected chi connectivity index (χ0v) is 20.2. The molecule has 0 saturated heterocycles. The molecule has 0 fully saturated rings. The van der Waals surface area contributed by atoms with Crippen molar-refractivity contribution >= 4 is 46.9 Å². The van der Waals surface area contributed by atoms with Crippen molar-refractivity contribution in [2.75, 3.05) is 31.5 Å². The minimum atomic E-state index is -0.957. The number of rotatable bonds is 9. The number of carbonyl (C=O) groups is 3. The van der Waals surface area contributed by atoms with E-state index in [9.17, 15) is 14.4 Å². The third-order valence-corrected chi connectivity index (χ3v) is 4.91. The Labute approximate surface area is 212 Å². The van der Waals surface area contributed by atoms with Crippen molar-refractivity contribution in [3.05, 3.63) is 77.3 Å². The first-order chi connectivity index (χ1) is 17.4. The van der Waals surface area contributed by atoms with Crippen LogP contribution in [0.3, 0.4) is 0 Å². The molecule has 10 nitrogen and oxygen atoms in total. The summed E-state index contributed by atoms with van der Waals surface area (Å²) in [6, 6.07) is 18.1. The number of amides is 3. The van der Waals surface area contributed by atoms with Gasteiger partial charge in [0, 0.05) is 11.4 Å². The van der Waals surface area contributed by atoms with Crippen LogP contribution in [0.1, 0.15) is 5.56 Å². The molecule has 0 aliphatic heterocycles. The summed E-state index contributed by atoms with van der Waals surface area (Å²) in [5.74, 6) is -0.583. The van der Waals surface area contributed by atoms with E-state index in [-0.39, 0.29) is 12.5 Å². The maximum Gasteiger partial charge on any atom is 0.329 e. The van der Waals surface area contributed by atoms with Crippen LogP contribution in [-0.4, -0.2) is 44.8 Å². The van der Waals surface area contributed by atoms with Crippen LogP contribution in [0.15, 0.2) is 71.8 Å². The van der Waals surface area contributed by atoms with Crippen molar-refractivity contribution in [3.63, 3.8) is 0 Å². The van der Waals surface area contributed by atoms with Gasteiger partial charge in [-0.2, -0.15) is 5.10 Å². The Bertz CT molecular complexity index is 1250. The first kappa shape index (κ1) is 26.0. The van der Waals surface area contributed by atoms with Crippen LogP contribution >= 0.6 is 11.6 Å². The number of nitrogens with zero attached hydrogens (tertiary/aromatic N) is 1. The molecular formula is C25H23ClN4O6. The molecule has 0 radical (unpaired) electrons. The highest BCUT2D eigenvalue weighted by Crippen LogP contribution is 2.27. The van der Waals surface area contributed by atoms with Crippen LogP contribution in [0, 0.1) is 0 Å². The number of anilines is 2. The highest BCUT2D eigenvalue weighted by molar-refractivity contribution is 6.40. The molecule has 36 heavy (non-hydrogen) atoms. The van der Waals surface area contributed by atoms with E-state index in [2.05, 4.69) is 21.2 Å². The van der Waals surface area contributed by atoms with E-state index >= 15 is 0 Å². The Hall–Kier alpha value is -4.57. The van der Waals surface area contributed by atoms with Gasteiger partial charge in [-0.05, 0) is 72.3 Å². The van der Waals surface area contributed by atoms with E-state index < -0.39 is 11.8 Å². The summed E-state index contributed by atoms with van der Waals surface area (Å²) in [7, 11) is 3.03. The highest BCUT2D eigenvalue weighted by atomic mass is 35.5. The van der Waals surface area contributed by atoms with Gasteiger partial charge in [0.25, 0.3) is 5.91 Å². The maximum absolute atomic E-state index is 12.1. The first-order valence-electron chi connectivity index (χ1n) is 10.5. The second kappa shape index (κ2) is 12.8. The van der Waals surface area contributed by atoms with Crippen molar-refractivity contribution in [1.29, 1.82) is 0 Å². The topological polar surface area (TPSA) is 127 Å². The standard InChI is InChI=1S/C25H23ClN4O6/c1-34-19-10-5-17(6-11-19)28-23(31)15-36-20-8-3-16(4-9-20)14-27-30-25(33)24(32)29-18-7-12-22(35-2)21(26)13-18/h3-14H,15H2,1-2H3,(H,28,31)(H,29,32)(H,30,33)/b27-14-. The van der Waals surface area contributed by atoms with E-state index in [0.29, 0.717) is 39.2 Å². The molecule has 3 rings (SSSR count). The van der Waals surface area contributed by atoms with Crippen molar-refractivity contribution < 1.29 is 28.6 Å². The summed E-state index contributed by atoms with van der Waals surface area (Å²) >= 11 is 6.00. The molecule has 0 spiro atoms. The smallest absolute Gasteiger partial charge is 0.329 e. The lowest BCUT2D eigenvalue weighted by molar-refractivity contribution is -0.136. The fraction of sp³-hybridized carbons (Fsp3) is 0.120. The molecule has 186 valence electrons. The molecule has 0 atom stereocenters. The zero-order valence-electron chi connectivity index (χ0n) is 19.4. The highest BCUT2D eigenvalue weighted by Gasteiger charge is 2.14. The lowest BCUT2D eigenvalue weighted by atomic mass is 10.2. The van der Waals surface area contributed by atoms with Crippen LogP contribution in [0.4, 0.5) is 11.4 Å². The largest absolute Gasteiger partial charge is 0.497 e. The minimum Gasteiger partial charge on any atom is -0.497 e. The van der Waals surface area contributed by atoms with Crippen LogP contribution in [0.25, 0.3) is 0 Å². The number of nitrogens with one attached hydrogen (secondary N) is 3. The number of hydrazone groups is 1. The van der Waals surface area contributed by atoms with Gasteiger partial charge in [-0.15, -0.1) is 0 Å². The van der Waals surface area contributed by atoms with E-state index in [1.54, 1.807) is 67.8 Å². The molecule has 0 aliphatic rings. The number of carbonyl (C=O) groups excluding carboxylic acids is 3. The molecule has 3 aromatic rings. The normalized spacial score (nSPS) is 10.4. The van der Waals surface area contributed by atoms with Crippen molar-refractivity contribution in [2.24, 2.45) is 5.10 Å². The number of hydrogen-bond acceptors (Lipinski definition) is 7. The third-order valence-electron chi connectivity index (χ3n) is 4.62. The SMILES string of the molecule is COc1ccc(NC(=O)COc2ccc(/C=N\NC(=O)C(=O)Nc3ccc(OC)c(Cl)c3)cc2)cc1. The summed E-state index contributed by atoms with van der Waals surface area (Å²) in [5, 5.41) is 9.19. The van der Waals surface area contributed by atoms with Crippen molar-refractivity contribution in [2.45, 2.75) is 0 Å². The Balaban J connectivity index is 1.42.